The molecule has 4 heterocycles. The second kappa shape index (κ2) is 14.1. The Labute approximate surface area is 388 Å². The van der Waals surface area contributed by atoms with Gasteiger partial charge in [-0.1, -0.05) is 159 Å². The molecular formula is C60H37N3OS2. The monoisotopic (exact) mass is 879 g/mol. The number of hydrogen-bond donors (Lipinski definition) is 0. The molecule has 0 unspecified atom stereocenters. The van der Waals surface area contributed by atoms with Gasteiger partial charge < -0.3 is 4.42 Å². The number of hydrogen-bond acceptors (Lipinski definition) is 6. The van der Waals surface area contributed by atoms with Gasteiger partial charge in [0.1, 0.15) is 11.2 Å². The summed E-state index contributed by atoms with van der Waals surface area (Å²) >= 11 is 3.60. The summed E-state index contributed by atoms with van der Waals surface area (Å²) in [5, 5.41) is 6.72. The van der Waals surface area contributed by atoms with E-state index < -0.39 is 0 Å². The molecule has 310 valence electrons. The zero-order valence-electron chi connectivity index (χ0n) is 36.0. The number of thiophene rings is 2. The molecule has 0 N–H and O–H groups in total. The number of benzene rings is 9. The Morgan fingerprint density at radius 1 is 0.364 bits per heavy atom. The second-order valence-electron chi connectivity index (χ2n) is 17.8. The lowest BCUT2D eigenvalue weighted by Gasteiger charge is -2.21. The molecule has 0 spiro atoms. The van der Waals surface area contributed by atoms with Crippen molar-refractivity contribution in [2.45, 2.75) is 19.3 Å². The van der Waals surface area contributed by atoms with Crippen LogP contribution in [0.2, 0.25) is 0 Å². The maximum absolute atomic E-state index is 6.62. The van der Waals surface area contributed by atoms with Gasteiger partial charge in [0.15, 0.2) is 17.5 Å². The smallest absolute Gasteiger partial charge is 0.164 e. The fraction of sp³-hybridized carbons (Fsp3) is 0.0500. The first-order chi connectivity index (χ1) is 32.5. The molecule has 0 bridgehead atoms. The largest absolute Gasteiger partial charge is 0.456 e. The van der Waals surface area contributed by atoms with Crippen LogP contribution in [0, 0.1) is 0 Å². The van der Waals surface area contributed by atoms with Gasteiger partial charge in [-0.15, -0.1) is 22.7 Å². The Kier molecular flexibility index (Phi) is 8.04. The maximum Gasteiger partial charge on any atom is 0.164 e. The molecule has 0 amide bonds. The molecule has 1 aliphatic rings. The highest BCUT2D eigenvalue weighted by atomic mass is 32.1. The van der Waals surface area contributed by atoms with Gasteiger partial charge in [-0.3, -0.25) is 0 Å². The molecule has 66 heavy (non-hydrogen) atoms. The summed E-state index contributed by atoms with van der Waals surface area (Å²) in [6, 6.07) is 67.6. The highest BCUT2D eigenvalue weighted by molar-refractivity contribution is 7.26. The van der Waals surface area contributed by atoms with Crippen LogP contribution in [0.5, 0.6) is 0 Å². The molecular weight excluding hydrogens is 843 g/mol. The first kappa shape index (κ1) is 37.6. The van der Waals surface area contributed by atoms with E-state index >= 15 is 0 Å². The number of aromatic nitrogens is 3. The molecule has 4 nitrogen and oxygen atoms in total. The lowest BCUT2D eigenvalue weighted by atomic mass is 9.82. The Morgan fingerprint density at radius 3 is 1.52 bits per heavy atom. The van der Waals surface area contributed by atoms with E-state index in [4.69, 9.17) is 19.4 Å². The minimum Gasteiger partial charge on any atom is -0.456 e. The quantitative estimate of drug-likeness (QED) is 0.173. The number of nitrogens with zero attached hydrogens (tertiary/aromatic N) is 3. The van der Waals surface area contributed by atoms with E-state index in [1.54, 1.807) is 22.7 Å². The standard InChI is InChI=1S/C60H37N3OS2/c1-60(2)45-20-6-3-13-38(45)53-37(16-9-21-46(53)60)35-29-27-34(28-30-35)36-31-32-47-44(33-36)54-41(17-10-22-48(54)64-47)57-61-58(42-18-11-25-51-55(42)39-14-4-7-23-49(39)65-51)63-59(62-57)43-19-12-26-52-56(43)40-15-5-8-24-50(40)66-52/h3-33H,1-2H3. The molecule has 4 aromatic heterocycles. The third kappa shape index (κ3) is 5.52. The van der Waals surface area contributed by atoms with Crippen molar-refractivity contribution in [1.29, 1.82) is 0 Å². The minimum atomic E-state index is -0.0478. The van der Waals surface area contributed by atoms with E-state index in [1.165, 1.54) is 63.0 Å². The number of rotatable bonds is 5. The van der Waals surface area contributed by atoms with Gasteiger partial charge in [0, 0.05) is 73.2 Å². The van der Waals surface area contributed by atoms with Crippen molar-refractivity contribution in [3.8, 4) is 67.5 Å². The van der Waals surface area contributed by atoms with Crippen LogP contribution >= 0.6 is 22.7 Å². The van der Waals surface area contributed by atoms with E-state index in [0.29, 0.717) is 17.5 Å². The Bertz CT molecular complexity index is 4020. The van der Waals surface area contributed by atoms with E-state index in [9.17, 15) is 0 Å². The van der Waals surface area contributed by atoms with Crippen LogP contribution in [0.4, 0.5) is 0 Å². The van der Waals surface area contributed by atoms with E-state index in [0.717, 1.165) is 60.5 Å². The summed E-state index contributed by atoms with van der Waals surface area (Å²) in [7, 11) is 0. The van der Waals surface area contributed by atoms with Crippen molar-refractivity contribution < 1.29 is 4.42 Å². The highest BCUT2D eigenvalue weighted by Crippen LogP contribution is 2.52. The van der Waals surface area contributed by atoms with Crippen molar-refractivity contribution in [3.63, 3.8) is 0 Å². The Hall–Kier alpha value is -7.77. The Morgan fingerprint density at radius 2 is 0.848 bits per heavy atom. The molecule has 0 fully saturated rings. The molecule has 6 heteroatoms. The van der Waals surface area contributed by atoms with Gasteiger partial charge in [0.05, 0.1) is 0 Å². The van der Waals surface area contributed by atoms with Gasteiger partial charge in [0.2, 0.25) is 0 Å². The summed E-state index contributed by atoms with van der Waals surface area (Å²) in [5.74, 6) is 1.89. The average molecular weight is 880 g/mol. The third-order valence-electron chi connectivity index (χ3n) is 13.8. The van der Waals surface area contributed by atoms with Gasteiger partial charge in [-0.05, 0) is 87.0 Å². The molecule has 0 aliphatic heterocycles. The molecule has 1 aliphatic carbocycles. The predicted octanol–water partition coefficient (Wildman–Crippen LogP) is 17.1. The van der Waals surface area contributed by atoms with Crippen LogP contribution in [-0.4, -0.2) is 15.0 Å². The van der Waals surface area contributed by atoms with Crippen LogP contribution in [0.3, 0.4) is 0 Å². The van der Waals surface area contributed by atoms with Crippen LogP contribution in [0.15, 0.2) is 192 Å². The fourth-order valence-corrected chi connectivity index (χ4v) is 13.0. The molecule has 13 aromatic rings. The lowest BCUT2D eigenvalue weighted by Crippen LogP contribution is -2.14. The van der Waals surface area contributed by atoms with Crippen molar-refractivity contribution >= 4 is 85.0 Å². The van der Waals surface area contributed by atoms with Crippen LogP contribution < -0.4 is 0 Å². The molecule has 0 saturated heterocycles. The lowest BCUT2D eigenvalue weighted by molar-refractivity contribution is 0.660. The van der Waals surface area contributed by atoms with Crippen LogP contribution in [0.25, 0.3) is 130 Å². The molecule has 9 aromatic carbocycles. The normalized spacial score (nSPS) is 13.1. The van der Waals surface area contributed by atoms with Crippen molar-refractivity contribution in [1.82, 2.24) is 15.0 Å². The van der Waals surface area contributed by atoms with Gasteiger partial charge in [0.25, 0.3) is 0 Å². The van der Waals surface area contributed by atoms with E-state index in [-0.39, 0.29) is 5.41 Å². The summed E-state index contributed by atoms with van der Waals surface area (Å²) in [4.78, 5) is 16.2. The second-order valence-corrected chi connectivity index (χ2v) is 20.0. The summed E-state index contributed by atoms with van der Waals surface area (Å²) in [6.45, 7) is 4.68. The molecule has 14 rings (SSSR count). The Balaban J connectivity index is 0.944. The molecule has 0 radical (unpaired) electrons. The SMILES string of the molecule is CC1(C)c2ccccc2-c2c(-c3ccc(-c4ccc5oc6cccc(-c7nc(-c8cccc9sc%10ccccc%10c89)nc(-c8cccc9sc%10ccccc%10c89)n7)c6c5c4)cc3)cccc21. The first-order valence-electron chi connectivity index (χ1n) is 22.3. The van der Waals surface area contributed by atoms with Gasteiger partial charge >= 0.3 is 0 Å². The van der Waals surface area contributed by atoms with Gasteiger partial charge in [-0.2, -0.15) is 0 Å². The van der Waals surface area contributed by atoms with Crippen LogP contribution in [-0.2, 0) is 5.41 Å². The van der Waals surface area contributed by atoms with Crippen molar-refractivity contribution in [2.24, 2.45) is 0 Å². The van der Waals surface area contributed by atoms with Crippen LogP contribution in [0.1, 0.15) is 25.0 Å². The third-order valence-corrected chi connectivity index (χ3v) is 16.1. The topological polar surface area (TPSA) is 51.8 Å². The number of fused-ring (bicyclic) bond motifs is 12. The molecule has 0 saturated carbocycles. The highest BCUT2D eigenvalue weighted by Gasteiger charge is 2.36. The van der Waals surface area contributed by atoms with Crippen molar-refractivity contribution in [2.75, 3.05) is 0 Å². The minimum absolute atomic E-state index is 0.0478. The number of furan rings is 1. The average Bonchev–Trinajstić information content (AvgIpc) is 4.12. The maximum atomic E-state index is 6.62. The summed E-state index contributed by atoms with van der Waals surface area (Å²) in [6.07, 6.45) is 0. The zero-order chi connectivity index (χ0) is 43.7. The van der Waals surface area contributed by atoms with Crippen molar-refractivity contribution in [3.05, 3.63) is 199 Å². The van der Waals surface area contributed by atoms with E-state index in [1.807, 2.05) is 12.1 Å². The zero-order valence-corrected chi connectivity index (χ0v) is 37.6. The summed E-state index contributed by atoms with van der Waals surface area (Å²) in [5.41, 5.74) is 14.6. The predicted molar refractivity (Wildman–Crippen MR) is 278 cm³/mol. The fourth-order valence-electron chi connectivity index (χ4n) is 10.7. The van der Waals surface area contributed by atoms with E-state index in [2.05, 4.69) is 190 Å². The first-order valence-corrected chi connectivity index (χ1v) is 24.0. The summed E-state index contributed by atoms with van der Waals surface area (Å²) < 4.78 is 11.5. The van der Waals surface area contributed by atoms with Gasteiger partial charge in [-0.25, -0.2) is 15.0 Å². The molecule has 0 atom stereocenters.